The van der Waals surface area contributed by atoms with Gasteiger partial charge in [-0.1, -0.05) is 19.1 Å². The van der Waals surface area contributed by atoms with Crippen molar-refractivity contribution in [1.29, 1.82) is 0 Å². The largest absolute Gasteiger partial charge is 0.481 e. The van der Waals surface area contributed by atoms with Crippen LogP contribution < -0.4 is 0 Å². The van der Waals surface area contributed by atoms with Crippen molar-refractivity contribution in [3.8, 4) is 0 Å². The van der Waals surface area contributed by atoms with Crippen molar-refractivity contribution in [1.82, 2.24) is 4.90 Å². The Labute approximate surface area is 119 Å². The first-order valence-corrected chi connectivity index (χ1v) is 7.31. The standard InChI is InChI=1S/C16H22FNO2/c1-2-15(13-4-3-5-14(17)11-13)18-8-6-12(7-9-18)10-16(19)20/h3-5,11-12,15H,2,6-10H2,1H3,(H,19,20). The maximum Gasteiger partial charge on any atom is 0.303 e. The second kappa shape index (κ2) is 6.84. The molecule has 0 aromatic heterocycles. The molecule has 0 spiro atoms. The summed E-state index contributed by atoms with van der Waals surface area (Å²) in [4.78, 5) is 13.1. The molecule has 0 radical (unpaired) electrons. The van der Waals surface area contributed by atoms with Crippen LogP contribution >= 0.6 is 0 Å². The van der Waals surface area contributed by atoms with Crippen LogP contribution in [0, 0.1) is 11.7 Å². The van der Waals surface area contributed by atoms with Crippen molar-refractivity contribution in [2.75, 3.05) is 13.1 Å². The third kappa shape index (κ3) is 3.79. The molecule has 1 N–H and O–H groups in total. The van der Waals surface area contributed by atoms with E-state index >= 15 is 0 Å². The highest BCUT2D eigenvalue weighted by molar-refractivity contribution is 5.67. The van der Waals surface area contributed by atoms with Crippen LogP contribution in [0.15, 0.2) is 24.3 Å². The monoisotopic (exact) mass is 279 g/mol. The lowest BCUT2D eigenvalue weighted by Gasteiger charge is -2.37. The zero-order valence-corrected chi connectivity index (χ0v) is 11.9. The minimum absolute atomic E-state index is 0.193. The number of rotatable bonds is 5. The smallest absolute Gasteiger partial charge is 0.303 e. The van der Waals surface area contributed by atoms with E-state index in [0.29, 0.717) is 0 Å². The van der Waals surface area contributed by atoms with Gasteiger partial charge in [0.15, 0.2) is 0 Å². The highest BCUT2D eigenvalue weighted by Gasteiger charge is 2.26. The lowest BCUT2D eigenvalue weighted by atomic mass is 9.91. The minimum Gasteiger partial charge on any atom is -0.481 e. The lowest BCUT2D eigenvalue weighted by molar-refractivity contribution is -0.138. The number of hydrogen-bond acceptors (Lipinski definition) is 2. The molecule has 0 saturated carbocycles. The van der Waals surface area contributed by atoms with Crippen LogP contribution in [-0.2, 0) is 4.79 Å². The van der Waals surface area contributed by atoms with Crippen LogP contribution in [0.4, 0.5) is 4.39 Å². The first-order chi connectivity index (χ1) is 9.60. The summed E-state index contributed by atoms with van der Waals surface area (Å²) in [5.41, 5.74) is 1.02. The SMILES string of the molecule is CCC(c1cccc(F)c1)N1CCC(CC(=O)O)CC1. The summed E-state index contributed by atoms with van der Waals surface area (Å²) in [5.74, 6) is -0.615. The number of hydrogen-bond donors (Lipinski definition) is 1. The van der Waals surface area contributed by atoms with Crippen molar-refractivity contribution in [3.63, 3.8) is 0 Å². The number of carboxylic acids is 1. The molecule has 20 heavy (non-hydrogen) atoms. The van der Waals surface area contributed by atoms with Crippen LogP contribution in [0.5, 0.6) is 0 Å². The highest BCUT2D eigenvalue weighted by Crippen LogP contribution is 2.30. The molecule has 2 rings (SSSR count). The Kier molecular flexibility index (Phi) is 5.12. The Morgan fingerprint density at radius 3 is 2.70 bits per heavy atom. The van der Waals surface area contributed by atoms with Gasteiger partial charge in [-0.15, -0.1) is 0 Å². The number of piperidine rings is 1. The number of benzene rings is 1. The molecule has 4 heteroatoms. The van der Waals surface area contributed by atoms with Gasteiger partial charge >= 0.3 is 5.97 Å². The topological polar surface area (TPSA) is 40.5 Å². The van der Waals surface area contributed by atoms with Crippen molar-refractivity contribution in [2.24, 2.45) is 5.92 Å². The third-order valence-corrected chi connectivity index (χ3v) is 4.17. The summed E-state index contributed by atoms with van der Waals surface area (Å²) in [7, 11) is 0. The van der Waals surface area contributed by atoms with Crippen LogP contribution in [0.3, 0.4) is 0 Å². The molecule has 1 fully saturated rings. The molecule has 3 nitrogen and oxygen atoms in total. The van der Waals surface area contributed by atoms with E-state index in [1.807, 2.05) is 6.07 Å². The van der Waals surface area contributed by atoms with Crippen molar-refractivity contribution >= 4 is 5.97 Å². The Bertz CT molecular complexity index is 456. The first kappa shape index (κ1) is 15.0. The molecule has 1 aliphatic rings. The lowest BCUT2D eigenvalue weighted by Crippen LogP contribution is -2.37. The summed E-state index contributed by atoms with van der Waals surface area (Å²) in [6.07, 6.45) is 3.04. The van der Waals surface area contributed by atoms with Crippen molar-refractivity contribution in [2.45, 2.75) is 38.6 Å². The summed E-state index contributed by atoms with van der Waals surface area (Å²) in [6.45, 7) is 3.90. The highest BCUT2D eigenvalue weighted by atomic mass is 19.1. The normalized spacial score (nSPS) is 18.9. The Balaban J connectivity index is 1.98. The molecule has 1 aromatic rings. The Morgan fingerprint density at radius 2 is 2.15 bits per heavy atom. The first-order valence-electron chi connectivity index (χ1n) is 7.31. The predicted octanol–water partition coefficient (Wildman–Crippen LogP) is 3.46. The van der Waals surface area contributed by atoms with E-state index in [-0.39, 0.29) is 24.2 Å². The fourth-order valence-corrected chi connectivity index (χ4v) is 3.13. The van der Waals surface area contributed by atoms with E-state index in [0.717, 1.165) is 37.9 Å². The maximum absolute atomic E-state index is 13.4. The Hall–Kier alpha value is -1.42. The molecule has 0 amide bonds. The number of nitrogens with zero attached hydrogens (tertiary/aromatic N) is 1. The minimum atomic E-state index is -0.708. The molecule has 1 aromatic carbocycles. The van der Waals surface area contributed by atoms with Gasteiger partial charge in [0.1, 0.15) is 5.82 Å². The number of carbonyl (C=O) groups is 1. The molecule has 0 bridgehead atoms. The molecule has 1 heterocycles. The van der Waals surface area contributed by atoms with Crippen molar-refractivity contribution < 1.29 is 14.3 Å². The van der Waals surface area contributed by atoms with Gasteiger partial charge in [-0.05, 0) is 56.0 Å². The zero-order chi connectivity index (χ0) is 14.5. The average molecular weight is 279 g/mol. The molecule has 1 atom stereocenters. The van der Waals surface area contributed by atoms with Crippen LogP contribution in [0.2, 0.25) is 0 Å². The van der Waals surface area contributed by atoms with E-state index in [4.69, 9.17) is 5.11 Å². The van der Waals surface area contributed by atoms with Gasteiger partial charge in [-0.3, -0.25) is 9.69 Å². The van der Waals surface area contributed by atoms with Gasteiger partial charge < -0.3 is 5.11 Å². The fraction of sp³-hybridized carbons (Fsp3) is 0.562. The molecule has 110 valence electrons. The second-order valence-electron chi connectivity index (χ2n) is 5.56. The van der Waals surface area contributed by atoms with Gasteiger partial charge in [-0.2, -0.15) is 0 Å². The number of carboxylic acid groups (broad SMARTS) is 1. The molecular weight excluding hydrogens is 257 g/mol. The number of aliphatic carboxylic acids is 1. The molecule has 0 aliphatic carbocycles. The van der Waals surface area contributed by atoms with Crippen LogP contribution in [0.1, 0.15) is 44.2 Å². The van der Waals surface area contributed by atoms with Crippen LogP contribution in [0.25, 0.3) is 0 Å². The van der Waals surface area contributed by atoms with Crippen LogP contribution in [-0.4, -0.2) is 29.1 Å². The maximum atomic E-state index is 13.4. The summed E-state index contributed by atoms with van der Waals surface area (Å²) in [5, 5.41) is 8.84. The molecule has 1 aliphatic heterocycles. The summed E-state index contributed by atoms with van der Waals surface area (Å²) >= 11 is 0. The van der Waals surface area contributed by atoms with Gasteiger partial charge in [0.2, 0.25) is 0 Å². The average Bonchev–Trinajstić information content (AvgIpc) is 2.41. The van der Waals surface area contributed by atoms with Gasteiger partial charge in [0.05, 0.1) is 0 Å². The predicted molar refractivity (Wildman–Crippen MR) is 76.0 cm³/mol. The fourth-order valence-electron chi connectivity index (χ4n) is 3.13. The van der Waals surface area contributed by atoms with Gasteiger partial charge in [-0.25, -0.2) is 4.39 Å². The molecular formula is C16H22FNO2. The van der Waals surface area contributed by atoms with Crippen molar-refractivity contribution in [3.05, 3.63) is 35.6 Å². The second-order valence-corrected chi connectivity index (χ2v) is 5.56. The molecule has 1 saturated heterocycles. The van der Waals surface area contributed by atoms with E-state index < -0.39 is 5.97 Å². The van der Waals surface area contributed by atoms with E-state index in [2.05, 4.69) is 11.8 Å². The summed E-state index contributed by atoms with van der Waals surface area (Å²) < 4.78 is 13.4. The summed E-state index contributed by atoms with van der Waals surface area (Å²) in [6, 6.07) is 7.04. The van der Waals surface area contributed by atoms with E-state index in [9.17, 15) is 9.18 Å². The number of likely N-dealkylation sites (tertiary alicyclic amines) is 1. The zero-order valence-electron chi connectivity index (χ0n) is 11.9. The van der Waals surface area contributed by atoms with E-state index in [1.54, 1.807) is 12.1 Å². The van der Waals surface area contributed by atoms with E-state index in [1.165, 1.54) is 6.07 Å². The Morgan fingerprint density at radius 1 is 1.45 bits per heavy atom. The third-order valence-electron chi connectivity index (χ3n) is 4.17. The quantitative estimate of drug-likeness (QED) is 0.897. The number of halogens is 1. The molecule has 1 unspecified atom stereocenters. The van der Waals surface area contributed by atoms with Gasteiger partial charge in [0, 0.05) is 12.5 Å². The van der Waals surface area contributed by atoms with Gasteiger partial charge in [0.25, 0.3) is 0 Å².